The molecular formula is C10H8F8O4. The number of rotatable bonds is 8. The highest BCUT2D eigenvalue weighted by Gasteiger charge is 2.43. The molecule has 0 bridgehead atoms. The minimum Gasteiger partial charge on any atom is -0.456 e. The lowest BCUT2D eigenvalue weighted by Crippen LogP contribution is -2.33. The van der Waals surface area contributed by atoms with E-state index in [-0.39, 0.29) is 12.2 Å². The molecule has 0 radical (unpaired) electrons. The fourth-order valence-electron chi connectivity index (χ4n) is 0.693. The number of ether oxygens (including phenoxy) is 2. The molecular weight excluding hydrogens is 336 g/mol. The van der Waals surface area contributed by atoms with Crippen LogP contribution < -0.4 is 0 Å². The predicted molar refractivity (Wildman–Crippen MR) is 53.0 cm³/mol. The lowest BCUT2D eigenvalue weighted by Gasteiger charge is -2.14. The SMILES string of the molecule is O=C(C=CC(=O)OCC(F)(F)C(F)F)OCC(F)(F)C(F)F. The molecule has 0 aliphatic rings. The molecule has 128 valence electrons. The topological polar surface area (TPSA) is 52.6 Å². The van der Waals surface area contributed by atoms with Gasteiger partial charge in [-0.25, -0.2) is 27.2 Å². The van der Waals surface area contributed by atoms with E-state index in [4.69, 9.17) is 0 Å². The van der Waals surface area contributed by atoms with E-state index in [1.165, 1.54) is 0 Å². The molecule has 0 aromatic heterocycles. The first-order valence-corrected chi connectivity index (χ1v) is 5.22. The molecule has 0 rings (SSSR count). The second-order valence-corrected chi connectivity index (χ2v) is 3.67. The minimum atomic E-state index is -4.61. The molecule has 12 heteroatoms. The van der Waals surface area contributed by atoms with Crippen LogP contribution in [0.4, 0.5) is 35.1 Å². The molecule has 22 heavy (non-hydrogen) atoms. The molecule has 0 aliphatic heterocycles. The van der Waals surface area contributed by atoms with Gasteiger partial charge in [0.25, 0.3) is 0 Å². The van der Waals surface area contributed by atoms with E-state index < -0.39 is 49.8 Å². The standard InChI is InChI=1S/C10H8F8O4/c11-7(12)9(15,16)3-21-5(19)1-2-6(20)22-4-10(17,18)8(13)14/h1-2,7-8H,3-4H2. The van der Waals surface area contributed by atoms with E-state index in [0.29, 0.717) is 0 Å². The second kappa shape index (κ2) is 7.94. The average Bonchev–Trinajstić information content (AvgIpc) is 2.40. The van der Waals surface area contributed by atoms with Crippen LogP contribution in [0.3, 0.4) is 0 Å². The van der Waals surface area contributed by atoms with E-state index in [1.54, 1.807) is 0 Å². The van der Waals surface area contributed by atoms with Crippen molar-refractivity contribution in [1.82, 2.24) is 0 Å². The van der Waals surface area contributed by atoms with Crippen molar-refractivity contribution in [3.8, 4) is 0 Å². The Bertz CT molecular complexity index is 383. The first-order chi connectivity index (χ1) is 9.88. The molecule has 0 atom stereocenters. The summed E-state index contributed by atoms with van der Waals surface area (Å²) in [6.07, 6.45) is -7.95. The van der Waals surface area contributed by atoms with Crippen LogP contribution in [0.2, 0.25) is 0 Å². The van der Waals surface area contributed by atoms with Crippen LogP contribution in [-0.2, 0) is 19.1 Å². The van der Waals surface area contributed by atoms with Crippen LogP contribution in [0.15, 0.2) is 12.2 Å². The molecule has 0 N–H and O–H groups in total. The van der Waals surface area contributed by atoms with Gasteiger partial charge in [-0.1, -0.05) is 0 Å². The third kappa shape index (κ3) is 7.22. The normalized spacial score (nSPS) is 13.0. The fraction of sp³-hybridized carbons (Fsp3) is 0.600. The van der Waals surface area contributed by atoms with Gasteiger partial charge in [0.2, 0.25) is 0 Å². The zero-order valence-corrected chi connectivity index (χ0v) is 10.4. The molecule has 0 saturated carbocycles. The van der Waals surface area contributed by atoms with Gasteiger partial charge in [0, 0.05) is 12.2 Å². The number of carbonyl (C=O) groups is 2. The number of alkyl halides is 8. The summed E-state index contributed by atoms with van der Waals surface area (Å²) in [7, 11) is 0. The van der Waals surface area contributed by atoms with Crippen molar-refractivity contribution in [3.05, 3.63) is 12.2 Å². The quantitative estimate of drug-likeness (QED) is 0.386. The third-order valence-corrected chi connectivity index (χ3v) is 1.81. The summed E-state index contributed by atoms with van der Waals surface area (Å²) in [5.74, 6) is -12.6. The van der Waals surface area contributed by atoms with Gasteiger partial charge >= 0.3 is 36.6 Å². The van der Waals surface area contributed by atoms with Gasteiger partial charge < -0.3 is 9.47 Å². The Morgan fingerprint density at radius 2 is 1.05 bits per heavy atom. The molecule has 0 fully saturated rings. The van der Waals surface area contributed by atoms with E-state index in [2.05, 4.69) is 9.47 Å². The van der Waals surface area contributed by atoms with Gasteiger partial charge in [-0.3, -0.25) is 0 Å². The Labute approximate surface area is 117 Å². The number of hydrogen-bond donors (Lipinski definition) is 0. The van der Waals surface area contributed by atoms with Crippen molar-refractivity contribution in [3.63, 3.8) is 0 Å². The highest BCUT2D eigenvalue weighted by Crippen LogP contribution is 2.23. The van der Waals surface area contributed by atoms with Gasteiger partial charge in [-0.15, -0.1) is 0 Å². The average molecular weight is 344 g/mol. The third-order valence-electron chi connectivity index (χ3n) is 1.81. The Hall–Kier alpha value is -1.88. The summed E-state index contributed by atoms with van der Waals surface area (Å²) in [5, 5.41) is 0. The maximum atomic E-state index is 12.3. The highest BCUT2D eigenvalue weighted by molar-refractivity contribution is 5.91. The molecule has 0 unspecified atom stereocenters. The minimum absolute atomic E-state index is 0.115. The van der Waals surface area contributed by atoms with Crippen LogP contribution in [0.5, 0.6) is 0 Å². The Morgan fingerprint density at radius 3 is 1.27 bits per heavy atom. The zero-order valence-electron chi connectivity index (χ0n) is 10.4. The lowest BCUT2D eigenvalue weighted by molar-refractivity contribution is -0.177. The maximum Gasteiger partial charge on any atom is 0.340 e. The molecule has 0 saturated heterocycles. The summed E-state index contributed by atoms with van der Waals surface area (Å²) in [6.45, 7) is -3.96. The number of hydrogen-bond acceptors (Lipinski definition) is 4. The van der Waals surface area contributed by atoms with Gasteiger partial charge in [0.15, 0.2) is 13.2 Å². The molecule has 4 nitrogen and oxygen atoms in total. The van der Waals surface area contributed by atoms with Crippen molar-refractivity contribution < 1.29 is 54.2 Å². The van der Waals surface area contributed by atoms with Crippen molar-refractivity contribution >= 4 is 11.9 Å². The second-order valence-electron chi connectivity index (χ2n) is 3.67. The predicted octanol–water partition coefficient (Wildman–Crippen LogP) is 2.43. The van der Waals surface area contributed by atoms with Crippen LogP contribution in [0.25, 0.3) is 0 Å². The van der Waals surface area contributed by atoms with Crippen molar-refractivity contribution in [2.45, 2.75) is 24.7 Å². The molecule has 0 aliphatic carbocycles. The molecule has 0 spiro atoms. The summed E-state index contributed by atoms with van der Waals surface area (Å²) in [6, 6.07) is 0. The fourth-order valence-corrected chi connectivity index (χ4v) is 0.693. The largest absolute Gasteiger partial charge is 0.456 e. The summed E-state index contributed by atoms with van der Waals surface area (Å²) < 4.78 is 103. The summed E-state index contributed by atoms with van der Waals surface area (Å²) in [5.41, 5.74) is 0. The van der Waals surface area contributed by atoms with Crippen LogP contribution in [0, 0.1) is 0 Å². The van der Waals surface area contributed by atoms with E-state index >= 15 is 0 Å². The van der Waals surface area contributed by atoms with Crippen molar-refractivity contribution in [2.24, 2.45) is 0 Å². The number of halogens is 8. The first kappa shape index (κ1) is 20.1. The van der Waals surface area contributed by atoms with Crippen LogP contribution in [-0.4, -0.2) is 49.8 Å². The molecule has 0 aromatic rings. The van der Waals surface area contributed by atoms with Gasteiger partial charge in [-0.05, 0) is 0 Å². The van der Waals surface area contributed by atoms with E-state index in [9.17, 15) is 44.7 Å². The number of esters is 2. The van der Waals surface area contributed by atoms with Gasteiger partial charge in [0.05, 0.1) is 0 Å². The monoisotopic (exact) mass is 344 g/mol. The summed E-state index contributed by atoms with van der Waals surface area (Å²) >= 11 is 0. The van der Waals surface area contributed by atoms with Gasteiger partial charge in [-0.2, -0.15) is 17.6 Å². The molecule has 0 heterocycles. The Kier molecular flexibility index (Phi) is 7.26. The Morgan fingerprint density at radius 1 is 0.773 bits per heavy atom. The van der Waals surface area contributed by atoms with Crippen molar-refractivity contribution in [1.29, 1.82) is 0 Å². The Balaban J connectivity index is 4.26. The van der Waals surface area contributed by atoms with Crippen LogP contribution >= 0.6 is 0 Å². The highest BCUT2D eigenvalue weighted by atomic mass is 19.3. The van der Waals surface area contributed by atoms with E-state index in [0.717, 1.165) is 0 Å². The van der Waals surface area contributed by atoms with Crippen molar-refractivity contribution in [2.75, 3.05) is 13.2 Å². The summed E-state index contributed by atoms with van der Waals surface area (Å²) in [4.78, 5) is 21.5. The molecule has 0 amide bonds. The van der Waals surface area contributed by atoms with Gasteiger partial charge in [0.1, 0.15) is 0 Å². The lowest BCUT2D eigenvalue weighted by atomic mass is 10.4. The smallest absolute Gasteiger partial charge is 0.340 e. The first-order valence-electron chi connectivity index (χ1n) is 5.22. The zero-order chi connectivity index (χ0) is 17.6. The molecule has 0 aromatic carbocycles. The van der Waals surface area contributed by atoms with Crippen LogP contribution in [0.1, 0.15) is 0 Å². The number of carbonyl (C=O) groups excluding carboxylic acids is 2. The van der Waals surface area contributed by atoms with E-state index in [1.807, 2.05) is 0 Å². The maximum absolute atomic E-state index is 12.3.